The van der Waals surface area contributed by atoms with Crippen LogP contribution in [0.4, 0.5) is 0 Å². The van der Waals surface area contributed by atoms with Crippen molar-refractivity contribution in [2.45, 2.75) is 225 Å². The lowest BCUT2D eigenvalue weighted by Gasteiger charge is -2.40. The first-order chi connectivity index (χ1) is 35.6. The lowest BCUT2D eigenvalue weighted by atomic mass is 9.98. The van der Waals surface area contributed by atoms with Gasteiger partial charge in [0, 0.05) is 19.3 Å². The van der Waals surface area contributed by atoms with Crippen molar-refractivity contribution in [1.82, 2.24) is 0 Å². The standard InChI is InChI=1S/C61H94O12/c1-4-7-10-13-16-19-22-25-26-27-28-31-32-35-38-41-44-47-53(62)69-50-52(71-54(63)48-45-42-39-36-33-29-23-20-17-14-11-8-5-2)51-70-61-59(57(66)56(65)58(73-61)60(67)68)72-55(64)49-46-43-40-37-34-30-24-21-18-15-12-9-6-3/h8-9,11-12,16-21,25-26,29-30,33-34,39-40,42-43,52,56-59,61,65-66H,4-7,10,13-15,22-24,27-28,31-32,35-38,41,44-51H2,1-3H3,(H,67,68)/b11-8-,12-9-,19-16-,20-17-,21-18-,26-25-,33-29-,34-30-,42-39-,43-40-. The molecule has 1 heterocycles. The van der Waals surface area contributed by atoms with Gasteiger partial charge in [-0.1, -0.05) is 187 Å². The number of rotatable bonds is 44. The smallest absolute Gasteiger partial charge is 0.335 e. The molecule has 0 aromatic heterocycles. The van der Waals surface area contributed by atoms with Crippen molar-refractivity contribution in [3.05, 3.63) is 122 Å². The molecule has 0 aromatic carbocycles. The van der Waals surface area contributed by atoms with Crippen molar-refractivity contribution in [2.75, 3.05) is 13.2 Å². The van der Waals surface area contributed by atoms with Crippen molar-refractivity contribution in [1.29, 1.82) is 0 Å². The molecule has 0 spiro atoms. The SMILES string of the molecule is CC/C=C\C/C=C\C/C=C\C/C=C\CCC(=O)OC(COC(=O)CCCCCCCCC/C=C\C/C=C\CCCCC)COC1OC(C(=O)O)C(O)C(O)C1OC(=O)CC/C=C\C/C=C\C/C=C\C/C=C\CC. The van der Waals surface area contributed by atoms with Gasteiger partial charge in [0.15, 0.2) is 24.6 Å². The summed E-state index contributed by atoms with van der Waals surface area (Å²) in [6.45, 7) is 5.60. The molecule has 1 saturated heterocycles. The van der Waals surface area contributed by atoms with E-state index in [9.17, 15) is 34.5 Å². The highest BCUT2D eigenvalue weighted by molar-refractivity contribution is 5.74. The van der Waals surface area contributed by atoms with Gasteiger partial charge in [0.25, 0.3) is 0 Å². The first-order valence-corrected chi connectivity index (χ1v) is 27.5. The molecule has 410 valence electrons. The summed E-state index contributed by atoms with van der Waals surface area (Å²) in [6.07, 6.45) is 53.6. The topological polar surface area (TPSA) is 175 Å². The van der Waals surface area contributed by atoms with E-state index in [0.29, 0.717) is 32.1 Å². The van der Waals surface area contributed by atoms with Gasteiger partial charge in [-0.15, -0.1) is 0 Å². The van der Waals surface area contributed by atoms with Gasteiger partial charge in [-0.25, -0.2) is 4.79 Å². The number of esters is 3. The maximum absolute atomic E-state index is 13.1. The average molecular weight is 1020 g/mol. The maximum Gasteiger partial charge on any atom is 0.335 e. The molecule has 0 saturated carbocycles. The van der Waals surface area contributed by atoms with Gasteiger partial charge in [-0.2, -0.15) is 0 Å². The molecule has 0 radical (unpaired) electrons. The van der Waals surface area contributed by atoms with Crippen LogP contribution in [0.1, 0.15) is 188 Å². The second-order valence-corrected chi connectivity index (χ2v) is 18.1. The Morgan fingerprint density at radius 1 is 0.466 bits per heavy atom. The van der Waals surface area contributed by atoms with Crippen molar-refractivity contribution in [3.63, 3.8) is 0 Å². The molecular weight excluding hydrogens is 925 g/mol. The van der Waals surface area contributed by atoms with E-state index in [1.165, 1.54) is 32.1 Å². The van der Waals surface area contributed by atoms with Gasteiger partial charge in [0.2, 0.25) is 0 Å². The number of aliphatic carboxylic acids is 1. The molecule has 73 heavy (non-hydrogen) atoms. The van der Waals surface area contributed by atoms with Crippen LogP contribution in [-0.4, -0.2) is 89.2 Å². The van der Waals surface area contributed by atoms with E-state index in [1.54, 1.807) is 0 Å². The number of unbranched alkanes of at least 4 members (excludes halogenated alkanes) is 10. The molecule has 0 aliphatic carbocycles. The molecule has 6 atom stereocenters. The zero-order valence-electron chi connectivity index (χ0n) is 44.8. The molecule has 1 aliphatic heterocycles. The number of aliphatic hydroxyl groups is 2. The zero-order valence-corrected chi connectivity index (χ0v) is 44.8. The Morgan fingerprint density at radius 3 is 1.37 bits per heavy atom. The Morgan fingerprint density at radius 2 is 0.890 bits per heavy atom. The van der Waals surface area contributed by atoms with E-state index in [2.05, 4.69) is 106 Å². The van der Waals surface area contributed by atoms with Gasteiger partial charge in [0.1, 0.15) is 18.8 Å². The van der Waals surface area contributed by atoms with Gasteiger partial charge in [0.05, 0.1) is 6.61 Å². The van der Waals surface area contributed by atoms with Crippen molar-refractivity contribution in [3.8, 4) is 0 Å². The molecule has 6 unspecified atom stereocenters. The summed E-state index contributed by atoms with van der Waals surface area (Å²) in [5.41, 5.74) is 0. The third kappa shape index (κ3) is 38.4. The molecule has 3 N–H and O–H groups in total. The first-order valence-electron chi connectivity index (χ1n) is 27.5. The Hall–Kier alpha value is -4.88. The van der Waals surface area contributed by atoms with Crippen LogP contribution >= 0.6 is 0 Å². The molecule has 1 fully saturated rings. The minimum Gasteiger partial charge on any atom is -0.479 e. The summed E-state index contributed by atoms with van der Waals surface area (Å²) >= 11 is 0. The third-order valence-corrected chi connectivity index (χ3v) is 11.5. The summed E-state index contributed by atoms with van der Waals surface area (Å²) in [6, 6.07) is 0. The largest absolute Gasteiger partial charge is 0.479 e. The monoisotopic (exact) mass is 1020 g/mol. The number of carboxylic acids is 1. The summed E-state index contributed by atoms with van der Waals surface area (Å²) in [4.78, 5) is 50.9. The third-order valence-electron chi connectivity index (χ3n) is 11.5. The van der Waals surface area contributed by atoms with Crippen LogP contribution in [0.5, 0.6) is 0 Å². The fourth-order valence-electron chi connectivity index (χ4n) is 7.36. The van der Waals surface area contributed by atoms with Crippen LogP contribution in [0.3, 0.4) is 0 Å². The second kappa shape index (κ2) is 48.1. The number of carbonyl (C=O) groups is 4. The van der Waals surface area contributed by atoms with Gasteiger partial charge in [-0.05, 0) is 103 Å². The van der Waals surface area contributed by atoms with E-state index in [1.807, 2.05) is 36.5 Å². The van der Waals surface area contributed by atoms with Gasteiger partial charge in [-0.3, -0.25) is 14.4 Å². The normalized spacial score (nSPS) is 19.3. The quantitative estimate of drug-likeness (QED) is 0.0228. The fraction of sp³-hybridized carbons (Fsp3) is 0.607. The fourth-order valence-corrected chi connectivity index (χ4v) is 7.36. The average Bonchev–Trinajstić information content (AvgIpc) is 3.37. The lowest BCUT2D eigenvalue weighted by Crippen LogP contribution is -2.61. The predicted molar refractivity (Wildman–Crippen MR) is 293 cm³/mol. The minimum atomic E-state index is -1.94. The van der Waals surface area contributed by atoms with Crippen LogP contribution in [0, 0.1) is 0 Å². The molecule has 1 aliphatic rings. The molecule has 0 aromatic rings. The number of allylic oxidation sites excluding steroid dienone is 20. The Labute approximate surface area is 439 Å². The van der Waals surface area contributed by atoms with E-state index in [0.717, 1.165) is 83.5 Å². The van der Waals surface area contributed by atoms with E-state index < -0.39 is 67.3 Å². The molecule has 1 rings (SSSR count). The Bertz CT molecular complexity index is 1730. The number of carboxylic acid groups (broad SMARTS) is 1. The molecule has 12 heteroatoms. The van der Waals surface area contributed by atoms with Crippen molar-refractivity contribution in [2.24, 2.45) is 0 Å². The number of ether oxygens (including phenoxy) is 5. The van der Waals surface area contributed by atoms with Crippen LogP contribution < -0.4 is 0 Å². The molecule has 12 nitrogen and oxygen atoms in total. The van der Waals surface area contributed by atoms with E-state index >= 15 is 0 Å². The van der Waals surface area contributed by atoms with Gasteiger partial charge >= 0.3 is 23.9 Å². The summed E-state index contributed by atoms with van der Waals surface area (Å²) in [5.74, 6) is -3.37. The predicted octanol–water partition coefficient (Wildman–Crippen LogP) is 13.7. The Balaban J connectivity index is 2.79. The van der Waals surface area contributed by atoms with E-state index in [4.69, 9.17) is 23.7 Å². The lowest BCUT2D eigenvalue weighted by molar-refractivity contribution is -0.301. The number of hydrogen-bond donors (Lipinski definition) is 3. The number of carbonyl (C=O) groups excluding carboxylic acids is 3. The van der Waals surface area contributed by atoms with Crippen LogP contribution in [0.25, 0.3) is 0 Å². The van der Waals surface area contributed by atoms with Crippen molar-refractivity contribution < 1.29 is 58.2 Å². The highest BCUT2D eigenvalue weighted by atomic mass is 16.7. The second-order valence-electron chi connectivity index (χ2n) is 18.1. The Kier molecular flexibility index (Phi) is 43.6. The highest BCUT2D eigenvalue weighted by Gasteiger charge is 2.50. The number of aliphatic hydroxyl groups excluding tert-OH is 2. The maximum atomic E-state index is 13.1. The first kappa shape index (κ1) is 66.1. The minimum absolute atomic E-state index is 0.0255. The zero-order chi connectivity index (χ0) is 53.3. The molecule has 0 amide bonds. The van der Waals surface area contributed by atoms with Crippen LogP contribution in [-0.2, 0) is 42.9 Å². The van der Waals surface area contributed by atoms with Crippen molar-refractivity contribution >= 4 is 23.9 Å². The highest BCUT2D eigenvalue weighted by Crippen LogP contribution is 2.26. The molecular formula is C61H94O12. The number of hydrogen-bond acceptors (Lipinski definition) is 11. The van der Waals surface area contributed by atoms with Gasteiger partial charge < -0.3 is 39.0 Å². The summed E-state index contributed by atoms with van der Waals surface area (Å²) in [5, 5.41) is 31.3. The van der Waals surface area contributed by atoms with Crippen LogP contribution in [0.2, 0.25) is 0 Å². The van der Waals surface area contributed by atoms with Crippen LogP contribution in [0.15, 0.2) is 122 Å². The molecule has 0 bridgehead atoms. The van der Waals surface area contributed by atoms with E-state index in [-0.39, 0.29) is 25.9 Å². The summed E-state index contributed by atoms with van der Waals surface area (Å²) in [7, 11) is 0. The summed E-state index contributed by atoms with van der Waals surface area (Å²) < 4.78 is 28.1.